The lowest BCUT2D eigenvalue weighted by atomic mass is 9.66. The Bertz CT molecular complexity index is 777. The van der Waals surface area contributed by atoms with Crippen LogP contribution in [0.5, 0.6) is 0 Å². The van der Waals surface area contributed by atoms with Gasteiger partial charge in [0.25, 0.3) is 0 Å². The Hall–Kier alpha value is -2.01. The highest BCUT2D eigenvalue weighted by molar-refractivity contribution is 7.22. The van der Waals surface area contributed by atoms with E-state index >= 15 is 0 Å². The summed E-state index contributed by atoms with van der Waals surface area (Å²) in [5.41, 5.74) is 1.40. The van der Waals surface area contributed by atoms with Gasteiger partial charge >= 0.3 is 0 Å². The number of hydrogen-bond acceptors (Lipinski definition) is 4. The Morgan fingerprint density at radius 3 is 2.77 bits per heavy atom. The van der Waals surface area contributed by atoms with E-state index in [0.29, 0.717) is 12.2 Å². The summed E-state index contributed by atoms with van der Waals surface area (Å²) in [6.45, 7) is 0.681. The van der Waals surface area contributed by atoms with E-state index in [-0.39, 0.29) is 11.2 Å². The first-order valence-electron chi connectivity index (χ1n) is 7.47. The summed E-state index contributed by atoms with van der Waals surface area (Å²) in [5, 5.41) is 4.30. The molecular formula is C17H16FN3S. The first-order chi connectivity index (χ1) is 10.8. The molecule has 5 heteroatoms. The topological polar surface area (TPSA) is 37.8 Å². The Balaban J connectivity index is 1.57. The van der Waals surface area contributed by atoms with Crippen LogP contribution >= 0.6 is 11.3 Å². The van der Waals surface area contributed by atoms with Crippen molar-refractivity contribution >= 4 is 26.7 Å². The summed E-state index contributed by atoms with van der Waals surface area (Å²) in [6.07, 6.45) is 4.74. The summed E-state index contributed by atoms with van der Waals surface area (Å²) >= 11 is 1.64. The molecule has 22 heavy (non-hydrogen) atoms. The molecule has 0 spiro atoms. The van der Waals surface area contributed by atoms with Gasteiger partial charge in [0.15, 0.2) is 5.13 Å². The fourth-order valence-corrected chi connectivity index (χ4v) is 3.93. The number of para-hydroxylation sites is 1. The van der Waals surface area contributed by atoms with Crippen molar-refractivity contribution in [2.24, 2.45) is 0 Å². The van der Waals surface area contributed by atoms with Crippen molar-refractivity contribution in [1.82, 2.24) is 9.97 Å². The lowest BCUT2D eigenvalue weighted by Crippen LogP contribution is -2.42. The molecule has 0 radical (unpaired) electrons. The highest BCUT2D eigenvalue weighted by Crippen LogP contribution is 2.44. The van der Waals surface area contributed by atoms with Crippen LogP contribution in [0.3, 0.4) is 0 Å². The van der Waals surface area contributed by atoms with Crippen molar-refractivity contribution in [1.29, 1.82) is 0 Å². The molecule has 1 aliphatic rings. The van der Waals surface area contributed by atoms with Gasteiger partial charge < -0.3 is 5.32 Å². The van der Waals surface area contributed by atoms with Crippen molar-refractivity contribution in [3.8, 4) is 0 Å². The number of aromatic nitrogens is 2. The lowest BCUT2D eigenvalue weighted by Gasteiger charge is -2.41. The third-order valence-electron chi connectivity index (χ3n) is 4.44. The number of nitrogens with one attached hydrogen (secondary N) is 1. The highest BCUT2D eigenvalue weighted by atomic mass is 32.1. The van der Waals surface area contributed by atoms with Crippen LogP contribution in [0.4, 0.5) is 9.52 Å². The smallest absolute Gasteiger partial charge is 0.183 e. The van der Waals surface area contributed by atoms with E-state index in [9.17, 15) is 4.39 Å². The van der Waals surface area contributed by atoms with E-state index in [1.807, 2.05) is 18.2 Å². The molecule has 1 aliphatic carbocycles. The largest absolute Gasteiger partial charge is 0.361 e. The monoisotopic (exact) mass is 313 g/mol. The van der Waals surface area contributed by atoms with Gasteiger partial charge in [-0.15, -0.1) is 0 Å². The fraction of sp³-hybridized carbons (Fsp3) is 0.294. The van der Waals surface area contributed by atoms with Crippen LogP contribution < -0.4 is 5.32 Å². The van der Waals surface area contributed by atoms with E-state index < -0.39 is 0 Å². The second kappa shape index (κ2) is 5.32. The summed E-state index contributed by atoms with van der Waals surface area (Å²) in [7, 11) is 0. The molecule has 1 aromatic carbocycles. The maximum absolute atomic E-state index is 14.1. The average Bonchev–Trinajstić information content (AvgIpc) is 2.90. The fourth-order valence-electron chi connectivity index (χ4n) is 3.07. The van der Waals surface area contributed by atoms with Gasteiger partial charge in [-0.2, -0.15) is 0 Å². The van der Waals surface area contributed by atoms with Crippen LogP contribution in [-0.4, -0.2) is 16.5 Å². The number of pyridine rings is 1. The minimum absolute atomic E-state index is 0.191. The van der Waals surface area contributed by atoms with Crippen LogP contribution in [0.25, 0.3) is 10.2 Å². The number of halogens is 1. The van der Waals surface area contributed by atoms with Gasteiger partial charge in [-0.3, -0.25) is 4.98 Å². The van der Waals surface area contributed by atoms with Gasteiger partial charge in [-0.25, -0.2) is 9.37 Å². The Kier molecular flexibility index (Phi) is 3.30. The van der Waals surface area contributed by atoms with Crippen molar-refractivity contribution < 1.29 is 4.39 Å². The maximum Gasteiger partial charge on any atom is 0.183 e. The summed E-state index contributed by atoms with van der Waals surface area (Å²) in [6, 6.07) is 11.2. The molecule has 0 saturated heterocycles. The van der Waals surface area contributed by atoms with E-state index in [2.05, 4.69) is 21.4 Å². The number of anilines is 1. The van der Waals surface area contributed by atoms with Crippen molar-refractivity contribution in [3.05, 3.63) is 54.1 Å². The zero-order valence-corrected chi connectivity index (χ0v) is 12.9. The third-order valence-corrected chi connectivity index (χ3v) is 5.44. The van der Waals surface area contributed by atoms with Gasteiger partial charge in [0, 0.05) is 18.2 Å². The molecule has 0 unspecified atom stereocenters. The predicted molar refractivity (Wildman–Crippen MR) is 87.8 cm³/mol. The molecule has 2 heterocycles. The average molecular weight is 313 g/mol. The van der Waals surface area contributed by atoms with Gasteiger partial charge in [0.05, 0.1) is 15.9 Å². The third kappa shape index (κ3) is 2.25. The SMILES string of the molecule is Fc1cccnc1C1(CNc2nc3ccccc3s2)CCC1. The molecular weight excluding hydrogens is 297 g/mol. The van der Waals surface area contributed by atoms with Gasteiger partial charge in [-0.1, -0.05) is 29.9 Å². The zero-order valence-electron chi connectivity index (χ0n) is 12.1. The number of thiazole rings is 1. The molecule has 4 rings (SSSR count). The number of rotatable bonds is 4. The van der Waals surface area contributed by atoms with Crippen LogP contribution in [0.1, 0.15) is 25.0 Å². The van der Waals surface area contributed by atoms with E-state index in [1.54, 1.807) is 23.6 Å². The van der Waals surface area contributed by atoms with Crippen LogP contribution in [0, 0.1) is 5.82 Å². The molecule has 2 aromatic heterocycles. The van der Waals surface area contributed by atoms with E-state index in [0.717, 1.165) is 34.6 Å². The maximum atomic E-state index is 14.1. The van der Waals surface area contributed by atoms with Gasteiger partial charge in [0.2, 0.25) is 0 Å². The summed E-state index contributed by atoms with van der Waals surface area (Å²) in [5.74, 6) is -0.201. The first kappa shape index (κ1) is 13.6. The number of hydrogen-bond donors (Lipinski definition) is 1. The predicted octanol–water partition coefficient (Wildman–Crippen LogP) is 4.36. The highest BCUT2D eigenvalue weighted by Gasteiger charge is 2.41. The molecule has 0 bridgehead atoms. The number of nitrogens with zero attached hydrogens (tertiary/aromatic N) is 2. The zero-order chi connectivity index (χ0) is 15.0. The van der Waals surface area contributed by atoms with Crippen LogP contribution in [0.2, 0.25) is 0 Å². The molecule has 0 amide bonds. The Labute approximate surface area is 132 Å². The van der Waals surface area contributed by atoms with Crippen LogP contribution in [0.15, 0.2) is 42.6 Å². The standard InChI is InChI=1S/C17H16FN3S/c18-12-5-3-10-19-15(12)17(8-4-9-17)11-20-16-21-13-6-1-2-7-14(13)22-16/h1-3,5-7,10H,4,8-9,11H2,(H,20,21). The van der Waals surface area contributed by atoms with E-state index in [1.165, 1.54) is 6.07 Å². The second-order valence-corrected chi connectivity index (χ2v) is 6.84. The van der Waals surface area contributed by atoms with Crippen LogP contribution in [-0.2, 0) is 5.41 Å². The molecule has 1 N–H and O–H groups in total. The minimum Gasteiger partial charge on any atom is -0.361 e. The molecule has 1 fully saturated rings. The Morgan fingerprint density at radius 1 is 1.18 bits per heavy atom. The summed E-state index contributed by atoms with van der Waals surface area (Å²) < 4.78 is 15.3. The second-order valence-electron chi connectivity index (χ2n) is 5.81. The van der Waals surface area contributed by atoms with Gasteiger partial charge in [0.1, 0.15) is 5.82 Å². The van der Waals surface area contributed by atoms with Crippen molar-refractivity contribution in [3.63, 3.8) is 0 Å². The number of fused-ring (bicyclic) bond motifs is 1. The molecule has 0 atom stereocenters. The van der Waals surface area contributed by atoms with Crippen molar-refractivity contribution in [2.45, 2.75) is 24.7 Å². The molecule has 0 aliphatic heterocycles. The lowest BCUT2D eigenvalue weighted by molar-refractivity contribution is 0.243. The Morgan fingerprint density at radius 2 is 2.05 bits per heavy atom. The number of benzene rings is 1. The first-order valence-corrected chi connectivity index (χ1v) is 8.29. The quantitative estimate of drug-likeness (QED) is 0.777. The normalized spacial score (nSPS) is 16.4. The molecule has 1 saturated carbocycles. The summed E-state index contributed by atoms with van der Waals surface area (Å²) in [4.78, 5) is 8.88. The van der Waals surface area contributed by atoms with Crippen molar-refractivity contribution in [2.75, 3.05) is 11.9 Å². The molecule has 3 aromatic rings. The molecule has 3 nitrogen and oxygen atoms in total. The van der Waals surface area contributed by atoms with E-state index in [4.69, 9.17) is 0 Å². The molecule has 112 valence electrons. The minimum atomic E-state index is -0.201. The van der Waals surface area contributed by atoms with Gasteiger partial charge in [-0.05, 0) is 37.1 Å².